The Kier molecular flexibility index (Phi) is 4.57. The van der Waals surface area contributed by atoms with Crippen LogP contribution >= 0.6 is 11.3 Å². The van der Waals surface area contributed by atoms with Crippen molar-refractivity contribution in [3.05, 3.63) is 16.6 Å². The predicted molar refractivity (Wildman–Crippen MR) is 94.2 cm³/mol. The Labute approximate surface area is 151 Å². The molecule has 2 aliphatic heterocycles. The number of carbonyl (C=O) groups excluding carboxylic acids is 3. The molecule has 1 unspecified atom stereocenters. The number of aromatic nitrogens is 1. The zero-order valence-corrected chi connectivity index (χ0v) is 15.9. The second-order valence-electron chi connectivity index (χ2n) is 7.99. The van der Waals surface area contributed by atoms with E-state index in [9.17, 15) is 14.4 Å². The van der Waals surface area contributed by atoms with Gasteiger partial charge in [-0.05, 0) is 5.92 Å². The number of rotatable bonds is 3. The van der Waals surface area contributed by atoms with Gasteiger partial charge in [-0.2, -0.15) is 0 Å². The topological polar surface area (TPSA) is 73.8 Å². The third-order valence-electron chi connectivity index (χ3n) is 4.50. The lowest BCUT2D eigenvalue weighted by molar-refractivity contribution is -0.128. The summed E-state index contributed by atoms with van der Waals surface area (Å²) in [5.74, 6) is -0.177. The molecule has 1 aromatic heterocycles. The Bertz CT molecular complexity index is 686. The van der Waals surface area contributed by atoms with Crippen LogP contribution in [0.4, 0.5) is 4.79 Å². The molecule has 0 spiro atoms. The number of amides is 4. The van der Waals surface area contributed by atoms with Crippen molar-refractivity contribution in [3.63, 3.8) is 0 Å². The highest BCUT2D eigenvalue weighted by atomic mass is 32.1. The van der Waals surface area contributed by atoms with E-state index >= 15 is 0 Å². The summed E-state index contributed by atoms with van der Waals surface area (Å²) in [5, 5.41) is 1.71. The molecule has 0 aliphatic carbocycles. The molecule has 3 rings (SSSR count). The molecule has 136 valence electrons. The van der Waals surface area contributed by atoms with Gasteiger partial charge in [0.15, 0.2) is 0 Å². The van der Waals surface area contributed by atoms with Crippen LogP contribution < -0.4 is 0 Å². The third kappa shape index (κ3) is 3.40. The van der Waals surface area contributed by atoms with Gasteiger partial charge in [-0.15, -0.1) is 11.3 Å². The van der Waals surface area contributed by atoms with Gasteiger partial charge in [0.25, 0.3) is 11.8 Å². The summed E-state index contributed by atoms with van der Waals surface area (Å²) in [6.45, 7) is 9.56. The van der Waals surface area contributed by atoms with E-state index in [0.29, 0.717) is 25.3 Å². The summed E-state index contributed by atoms with van der Waals surface area (Å²) in [6.07, 6.45) is 0. The highest BCUT2D eigenvalue weighted by molar-refractivity contribution is 7.07. The summed E-state index contributed by atoms with van der Waals surface area (Å²) < 4.78 is 0. The molecule has 0 N–H and O–H groups in total. The molecule has 0 bridgehead atoms. The first-order valence-electron chi connectivity index (χ1n) is 8.49. The second kappa shape index (κ2) is 6.40. The third-order valence-corrected chi connectivity index (χ3v) is 5.09. The molecule has 3 heterocycles. The molecule has 25 heavy (non-hydrogen) atoms. The number of imide groups is 1. The van der Waals surface area contributed by atoms with Crippen LogP contribution in [-0.4, -0.2) is 69.8 Å². The van der Waals surface area contributed by atoms with Crippen LogP contribution in [-0.2, 0) is 4.79 Å². The average Bonchev–Trinajstić information content (AvgIpc) is 3.08. The van der Waals surface area contributed by atoms with Gasteiger partial charge in [0, 0.05) is 30.4 Å². The largest absolute Gasteiger partial charge is 0.334 e. The van der Waals surface area contributed by atoms with Gasteiger partial charge in [0.2, 0.25) is 0 Å². The van der Waals surface area contributed by atoms with E-state index in [1.54, 1.807) is 20.7 Å². The molecule has 8 heteroatoms. The fourth-order valence-corrected chi connectivity index (χ4v) is 4.05. The molecule has 2 fully saturated rings. The molecule has 4 amide bonds. The number of hydrogen-bond acceptors (Lipinski definition) is 5. The summed E-state index contributed by atoms with van der Waals surface area (Å²) >= 11 is 1.37. The normalized spacial score (nSPS) is 23.2. The summed E-state index contributed by atoms with van der Waals surface area (Å²) in [7, 11) is 0. The van der Waals surface area contributed by atoms with Crippen LogP contribution in [0.25, 0.3) is 0 Å². The Balaban J connectivity index is 1.89. The molecule has 7 nitrogen and oxygen atoms in total. The Hall–Kier alpha value is -1.96. The van der Waals surface area contributed by atoms with E-state index in [-0.39, 0.29) is 35.7 Å². The van der Waals surface area contributed by atoms with Crippen molar-refractivity contribution >= 4 is 29.2 Å². The van der Waals surface area contributed by atoms with Crippen molar-refractivity contribution in [1.29, 1.82) is 0 Å². The molecule has 1 atom stereocenters. The maximum atomic E-state index is 12.8. The lowest BCUT2D eigenvalue weighted by atomic mass is 9.92. The van der Waals surface area contributed by atoms with Crippen LogP contribution in [0.1, 0.15) is 38.2 Å². The second-order valence-corrected chi connectivity index (χ2v) is 8.71. The first-order chi connectivity index (χ1) is 11.7. The van der Waals surface area contributed by atoms with Crippen molar-refractivity contribution in [2.75, 3.05) is 26.2 Å². The minimum Gasteiger partial charge on any atom is -0.334 e. The van der Waals surface area contributed by atoms with E-state index in [1.807, 2.05) is 27.7 Å². The monoisotopic (exact) mass is 364 g/mol. The molecular weight excluding hydrogens is 340 g/mol. The number of carbonyl (C=O) groups is 3. The lowest BCUT2D eigenvalue weighted by Crippen LogP contribution is -2.44. The van der Waals surface area contributed by atoms with E-state index in [1.165, 1.54) is 16.2 Å². The van der Waals surface area contributed by atoms with Crippen LogP contribution in [0.2, 0.25) is 0 Å². The fourth-order valence-electron chi connectivity index (χ4n) is 3.52. The van der Waals surface area contributed by atoms with Crippen LogP contribution in [0.15, 0.2) is 10.9 Å². The van der Waals surface area contributed by atoms with Gasteiger partial charge in [-0.3, -0.25) is 14.5 Å². The van der Waals surface area contributed by atoms with Crippen molar-refractivity contribution in [2.24, 2.45) is 11.3 Å². The fraction of sp³-hybridized carbons (Fsp3) is 0.647. The van der Waals surface area contributed by atoms with Crippen molar-refractivity contribution in [3.8, 4) is 0 Å². The molecule has 0 radical (unpaired) electrons. The average molecular weight is 364 g/mol. The zero-order chi connectivity index (χ0) is 18.4. The van der Waals surface area contributed by atoms with Crippen molar-refractivity contribution in [1.82, 2.24) is 19.7 Å². The standard InChI is InChI=1S/C17H24N4O3S/c1-11(2)5-20-15(23)13-6-19(14(22)12-7-25-10-18-12)8-17(3,4)9-21(13)16(20)24/h7,10-11,13H,5-6,8-9H2,1-4H3. The minimum absolute atomic E-state index is 0.182. The smallest absolute Gasteiger partial charge is 0.327 e. The maximum absolute atomic E-state index is 12.8. The molecule has 2 saturated heterocycles. The Morgan fingerprint density at radius 3 is 2.68 bits per heavy atom. The van der Waals surface area contributed by atoms with Crippen LogP contribution in [0.5, 0.6) is 0 Å². The summed E-state index contributed by atoms with van der Waals surface area (Å²) in [6, 6.07) is -0.838. The minimum atomic E-state index is -0.601. The van der Waals surface area contributed by atoms with Gasteiger partial charge in [0.05, 0.1) is 12.1 Å². The number of fused-ring (bicyclic) bond motifs is 1. The van der Waals surface area contributed by atoms with E-state index in [2.05, 4.69) is 4.98 Å². The quantitative estimate of drug-likeness (QED) is 0.768. The van der Waals surface area contributed by atoms with Gasteiger partial charge >= 0.3 is 6.03 Å². The molecule has 0 aromatic carbocycles. The van der Waals surface area contributed by atoms with E-state index < -0.39 is 6.04 Å². The molecule has 2 aliphatic rings. The highest BCUT2D eigenvalue weighted by Gasteiger charge is 2.50. The number of hydrogen-bond donors (Lipinski definition) is 0. The Morgan fingerprint density at radius 2 is 2.08 bits per heavy atom. The number of nitrogens with zero attached hydrogens (tertiary/aromatic N) is 4. The predicted octanol–water partition coefficient (Wildman–Crippen LogP) is 1.91. The molecule has 0 saturated carbocycles. The van der Waals surface area contributed by atoms with Gasteiger partial charge in [0.1, 0.15) is 11.7 Å². The first kappa shape index (κ1) is 17.8. The highest BCUT2D eigenvalue weighted by Crippen LogP contribution is 2.31. The van der Waals surface area contributed by atoms with Gasteiger partial charge in [-0.25, -0.2) is 9.78 Å². The SMILES string of the molecule is CC(C)CN1C(=O)C2CN(C(=O)c3cscn3)CC(C)(C)CN2C1=O. The maximum Gasteiger partial charge on any atom is 0.327 e. The lowest BCUT2D eigenvalue weighted by Gasteiger charge is -2.30. The summed E-state index contributed by atoms with van der Waals surface area (Å²) in [4.78, 5) is 47.1. The van der Waals surface area contributed by atoms with Crippen LogP contribution in [0, 0.1) is 11.3 Å². The Morgan fingerprint density at radius 1 is 1.36 bits per heavy atom. The molecule has 1 aromatic rings. The number of thiazole rings is 1. The van der Waals surface area contributed by atoms with Gasteiger partial charge < -0.3 is 9.80 Å². The number of urea groups is 1. The molecular formula is C17H24N4O3S. The van der Waals surface area contributed by atoms with E-state index in [0.717, 1.165) is 0 Å². The van der Waals surface area contributed by atoms with Crippen LogP contribution in [0.3, 0.4) is 0 Å². The van der Waals surface area contributed by atoms with E-state index in [4.69, 9.17) is 0 Å². The first-order valence-corrected chi connectivity index (χ1v) is 9.43. The summed E-state index contributed by atoms with van der Waals surface area (Å²) in [5.41, 5.74) is 1.71. The van der Waals surface area contributed by atoms with Crippen molar-refractivity contribution in [2.45, 2.75) is 33.7 Å². The van der Waals surface area contributed by atoms with Gasteiger partial charge in [-0.1, -0.05) is 27.7 Å². The van der Waals surface area contributed by atoms with Crippen molar-refractivity contribution < 1.29 is 14.4 Å². The zero-order valence-electron chi connectivity index (χ0n) is 15.1.